The molecule has 112 valence electrons. The van der Waals surface area contributed by atoms with Gasteiger partial charge in [-0.1, -0.05) is 35.9 Å². The highest BCUT2D eigenvalue weighted by Gasteiger charge is 2.07. The topological polar surface area (TPSA) is 55.1 Å². The van der Waals surface area contributed by atoms with Gasteiger partial charge in [0, 0.05) is 13.5 Å². The molecule has 3 aromatic rings. The van der Waals surface area contributed by atoms with Gasteiger partial charge in [0.05, 0.1) is 6.42 Å². The summed E-state index contributed by atoms with van der Waals surface area (Å²) in [5.74, 6) is 0.632. The molecule has 0 bridgehead atoms. The Hall–Kier alpha value is -2.62. The molecular weight excluding hydrogens is 276 g/mol. The first-order chi connectivity index (χ1) is 10.6. The van der Waals surface area contributed by atoms with Gasteiger partial charge in [0.1, 0.15) is 5.52 Å². The summed E-state index contributed by atoms with van der Waals surface area (Å²) in [5.41, 5.74) is 4.78. The average Bonchev–Trinajstić information content (AvgIpc) is 2.86. The zero-order chi connectivity index (χ0) is 15.5. The van der Waals surface area contributed by atoms with Crippen LogP contribution in [-0.2, 0) is 17.8 Å². The molecule has 0 fully saturated rings. The van der Waals surface area contributed by atoms with Gasteiger partial charge in [0.2, 0.25) is 5.91 Å². The predicted octanol–water partition coefficient (Wildman–Crippen LogP) is 3.30. The summed E-state index contributed by atoms with van der Waals surface area (Å²) in [6.45, 7) is 4.40. The van der Waals surface area contributed by atoms with Crippen molar-refractivity contribution >= 4 is 17.0 Å². The minimum atomic E-state index is -0.00355. The Morgan fingerprint density at radius 3 is 2.59 bits per heavy atom. The fraction of sp³-hybridized carbons (Fsp3) is 0.222. The lowest BCUT2D eigenvalue weighted by atomic mass is 10.1. The summed E-state index contributed by atoms with van der Waals surface area (Å²) in [6.07, 6.45) is 0.335. The molecule has 0 unspecified atom stereocenters. The van der Waals surface area contributed by atoms with Crippen molar-refractivity contribution in [3.05, 3.63) is 65.0 Å². The smallest absolute Gasteiger partial charge is 0.224 e. The zero-order valence-electron chi connectivity index (χ0n) is 12.7. The summed E-state index contributed by atoms with van der Waals surface area (Å²) < 4.78 is 5.49. The van der Waals surface area contributed by atoms with Crippen molar-refractivity contribution in [3.63, 3.8) is 0 Å². The first-order valence-electron chi connectivity index (χ1n) is 7.28. The van der Waals surface area contributed by atoms with Gasteiger partial charge < -0.3 is 9.73 Å². The second-order valence-electron chi connectivity index (χ2n) is 5.47. The maximum Gasteiger partial charge on any atom is 0.224 e. The van der Waals surface area contributed by atoms with Crippen molar-refractivity contribution in [3.8, 4) is 0 Å². The lowest BCUT2D eigenvalue weighted by molar-refractivity contribution is -0.120. The Balaban J connectivity index is 1.61. The number of nitrogens with one attached hydrogen (secondary N) is 1. The minimum Gasteiger partial charge on any atom is -0.441 e. The predicted molar refractivity (Wildman–Crippen MR) is 85.5 cm³/mol. The molecule has 0 spiro atoms. The maximum absolute atomic E-state index is 12.0. The molecule has 1 heterocycles. The summed E-state index contributed by atoms with van der Waals surface area (Å²) in [7, 11) is 0. The highest BCUT2D eigenvalue weighted by atomic mass is 16.3. The quantitative estimate of drug-likeness (QED) is 0.803. The average molecular weight is 294 g/mol. The van der Waals surface area contributed by atoms with Crippen molar-refractivity contribution in [2.24, 2.45) is 0 Å². The van der Waals surface area contributed by atoms with E-state index in [-0.39, 0.29) is 5.91 Å². The zero-order valence-corrected chi connectivity index (χ0v) is 12.7. The van der Waals surface area contributed by atoms with E-state index in [0.717, 1.165) is 22.2 Å². The van der Waals surface area contributed by atoms with E-state index in [9.17, 15) is 4.79 Å². The number of hydrogen-bond acceptors (Lipinski definition) is 3. The third kappa shape index (κ3) is 3.34. The van der Waals surface area contributed by atoms with Gasteiger partial charge in [-0.05, 0) is 30.2 Å². The number of oxazole rings is 1. The van der Waals surface area contributed by atoms with E-state index in [1.165, 1.54) is 5.56 Å². The lowest BCUT2D eigenvalue weighted by Gasteiger charge is -2.06. The van der Waals surface area contributed by atoms with Crippen LogP contribution in [0.15, 0.2) is 46.9 Å². The molecule has 1 N–H and O–H groups in total. The summed E-state index contributed by atoms with van der Waals surface area (Å²) >= 11 is 0. The maximum atomic E-state index is 12.0. The molecule has 0 atom stereocenters. The third-order valence-electron chi connectivity index (χ3n) is 3.53. The highest BCUT2D eigenvalue weighted by Crippen LogP contribution is 2.17. The molecular formula is C18H18N2O2. The molecule has 1 amide bonds. The van der Waals surface area contributed by atoms with Crippen LogP contribution in [-0.4, -0.2) is 10.9 Å². The largest absolute Gasteiger partial charge is 0.441 e. The first kappa shape index (κ1) is 14.3. The summed E-state index contributed by atoms with van der Waals surface area (Å²) in [6, 6.07) is 13.8. The Morgan fingerprint density at radius 1 is 1.09 bits per heavy atom. The number of amides is 1. The number of hydrogen-bond donors (Lipinski definition) is 1. The monoisotopic (exact) mass is 294 g/mol. The van der Waals surface area contributed by atoms with Gasteiger partial charge in [0.25, 0.3) is 0 Å². The first-order valence-corrected chi connectivity index (χ1v) is 7.28. The van der Waals surface area contributed by atoms with Gasteiger partial charge >= 0.3 is 0 Å². The van der Waals surface area contributed by atoms with Crippen molar-refractivity contribution in [1.29, 1.82) is 0 Å². The fourth-order valence-electron chi connectivity index (χ4n) is 2.35. The van der Waals surface area contributed by atoms with Gasteiger partial charge in [-0.3, -0.25) is 4.79 Å². The molecule has 0 saturated carbocycles. The van der Waals surface area contributed by atoms with Crippen LogP contribution in [0, 0.1) is 13.8 Å². The number of carbonyl (C=O) groups excluding carboxylic acids is 1. The van der Waals surface area contributed by atoms with Crippen LogP contribution in [0.25, 0.3) is 11.1 Å². The Labute approximate surface area is 129 Å². The van der Waals surface area contributed by atoms with E-state index in [2.05, 4.69) is 10.3 Å². The SMILES string of the molecule is Cc1ccc(CNC(=O)Cc2ccc3nc(C)oc3c2)cc1. The van der Waals surface area contributed by atoms with Crippen molar-refractivity contribution < 1.29 is 9.21 Å². The number of rotatable bonds is 4. The van der Waals surface area contributed by atoms with E-state index < -0.39 is 0 Å². The number of carbonyl (C=O) groups is 1. The third-order valence-corrected chi connectivity index (χ3v) is 3.53. The second-order valence-corrected chi connectivity index (χ2v) is 5.47. The molecule has 2 aromatic carbocycles. The van der Waals surface area contributed by atoms with Crippen molar-refractivity contribution in [1.82, 2.24) is 10.3 Å². The van der Waals surface area contributed by atoms with Crippen LogP contribution in [0.4, 0.5) is 0 Å². The molecule has 22 heavy (non-hydrogen) atoms. The van der Waals surface area contributed by atoms with Crippen LogP contribution in [0.2, 0.25) is 0 Å². The van der Waals surface area contributed by atoms with Gasteiger partial charge in [0.15, 0.2) is 11.5 Å². The number of benzene rings is 2. The normalized spacial score (nSPS) is 10.8. The number of nitrogens with zero attached hydrogens (tertiary/aromatic N) is 1. The molecule has 0 saturated heterocycles. The molecule has 1 aromatic heterocycles. The van der Waals surface area contributed by atoms with E-state index in [0.29, 0.717) is 18.9 Å². The molecule has 0 aliphatic rings. The number of aromatic nitrogens is 1. The van der Waals surface area contributed by atoms with E-state index in [4.69, 9.17) is 4.42 Å². The van der Waals surface area contributed by atoms with Crippen LogP contribution in [0.1, 0.15) is 22.6 Å². The van der Waals surface area contributed by atoms with Crippen molar-refractivity contribution in [2.75, 3.05) is 0 Å². The molecule has 4 heteroatoms. The van der Waals surface area contributed by atoms with Gasteiger partial charge in [-0.2, -0.15) is 0 Å². The molecule has 0 aliphatic heterocycles. The van der Waals surface area contributed by atoms with Crippen LogP contribution >= 0.6 is 0 Å². The van der Waals surface area contributed by atoms with Crippen LogP contribution in [0.3, 0.4) is 0 Å². The van der Waals surface area contributed by atoms with Crippen molar-refractivity contribution in [2.45, 2.75) is 26.8 Å². The second kappa shape index (κ2) is 6.02. The number of aryl methyl sites for hydroxylation is 2. The minimum absolute atomic E-state index is 0.00355. The highest BCUT2D eigenvalue weighted by molar-refractivity contribution is 5.81. The van der Waals surface area contributed by atoms with E-state index >= 15 is 0 Å². The van der Waals surface area contributed by atoms with Gasteiger partial charge in [-0.15, -0.1) is 0 Å². The molecule has 4 nitrogen and oxygen atoms in total. The van der Waals surface area contributed by atoms with Gasteiger partial charge in [-0.25, -0.2) is 4.98 Å². The summed E-state index contributed by atoms with van der Waals surface area (Å²) in [4.78, 5) is 16.3. The standard InChI is InChI=1S/C18H18N2O2/c1-12-3-5-14(6-4-12)11-19-18(21)10-15-7-8-16-17(9-15)22-13(2)20-16/h3-9H,10-11H2,1-2H3,(H,19,21). The molecule has 0 radical (unpaired) electrons. The Kier molecular flexibility index (Phi) is 3.92. The lowest BCUT2D eigenvalue weighted by Crippen LogP contribution is -2.24. The Bertz CT molecular complexity index is 804. The fourth-order valence-corrected chi connectivity index (χ4v) is 2.35. The number of fused-ring (bicyclic) bond motifs is 1. The van der Waals surface area contributed by atoms with Crippen LogP contribution in [0.5, 0.6) is 0 Å². The van der Waals surface area contributed by atoms with Crippen LogP contribution < -0.4 is 5.32 Å². The van der Waals surface area contributed by atoms with E-state index in [1.807, 2.05) is 56.3 Å². The molecule has 0 aliphatic carbocycles. The Morgan fingerprint density at radius 2 is 1.82 bits per heavy atom. The van der Waals surface area contributed by atoms with E-state index in [1.54, 1.807) is 0 Å². The molecule has 3 rings (SSSR count). The summed E-state index contributed by atoms with van der Waals surface area (Å²) in [5, 5.41) is 2.93.